The standard InChI is InChI=1S/C11H14N2O/c1-10(8-14)13(9-12-2)11-6-4-3-5-7-11/h3-10H,1-2H3. The predicted molar refractivity (Wildman–Crippen MR) is 58.9 cm³/mol. The molecule has 14 heavy (non-hydrogen) atoms. The Morgan fingerprint density at radius 2 is 2.00 bits per heavy atom. The van der Waals surface area contributed by atoms with Crippen molar-refractivity contribution in [3.05, 3.63) is 30.3 Å². The molecule has 0 radical (unpaired) electrons. The third-order valence-corrected chi connectivity index (χ3v) is 1.93. The highest BCUT2D eigenvalue weighted by Gasteiger charge is 2.10. The molecule has 0 saturated carbocycles. The zero-order valence-electron chi connectivity index (χ0n) is 8.42. The molecule has 1 rings (SSSR count). The maximum atomic E-state index is 10.7. The van der Waals surface area contributed by atoms with Gasteiger partial charge in [-0.05, 0) is 19.1 Å². The Labute approximate surface area is 84.1 Å². The summed E-state index contributed by atoms with van der Waals surface area (Å²) < 4.78 is 0. The van der Waals surface area contributed by atoms with E-state index in [1.807, 2.05) is 42.2 Å². The van der Waals surface area contributed by atoms with Gasteiger partial charge in [0.1, 0.15) is 6.29 Å². The summed E-state index contributed by atoms with van der Waals surface area (Å²) in [7, 11) is 1.69. The van der Waals surface area contributed by atoms with Crippen LogP contribution in [-0.4, -0.2) is 25.7 Å². The fourth-order valence-corrected chi connectivity index (χ4v) is 1.20. The van der Waals surface area contributed by atoms with Crippen LogP contribution in [0, 0.1) is 0 Å². The molecular weight excluding hydrogens is 176 g/mol. The van der Waals surface area contributed by atoms with Gasteiger partial charge in [0.05, 0.1) is 12.4 Å². The average molecular weight is 190 g/mol. The number of nitrogens with zero attached hydrogens (tertiary/aromatic N) is 2. The molecule has 0 bridgehead atoms. The largest absolute Gasteiger partial charge is 0.323 e. The van der Waals surface area contributed by atoms with Crippen LogP contribution in [-0.2, 0) is 4.79 Å². The van der Waals surface area contributed by atoms with E-state index in [1.165, 1.54) is 0 Å². The van der Waals surface area contributed by atoms with E-state index in [0.29, 0.717) is 0 Å². The molecule has 3 nitrogen and oxygen atoms in total. The van der Waals surface area contributed by atoms with Crippen LogP contribution in [0.2, 0.25) is 0 Å². The van der Waals surface area contributed by atoms with Crippen molar-refractivity contribution < 1.29 is 4.79 Å². The first kappa shape index (κ1) is 10.4. The Bertz CT molecular complexity index is 308. The molecule has 0 fully saturated rings. The summed E-state index contributed by atoms with van der Waals surface area (Å²) in [4.78, 5) is 16.4. The van der Waals surface area contributed by atoms with Crippen LogP contribution in [0.25, 0.3) is 0 Å². The third-order valence-electron chi connectivity index (χ3n) is 1.93. The summed E-state index contributed by atoms with van der Waals surface area (Å²) >= 11 is 0. The molecule has 1 unspecified atom stereocenters. The number of carbonyl (C=O) groups excluding carboxylic acids is 1. The van der Waals surface area contributed by atoms with Gasteiger partial charge in [-0.2, -0.15) is 0 Å². The summed E-state index contributed by atoms with van der Waals surface area (Å²) in [5, 5.41) is 0. The van der Waals surface area contributed by atoms with Crippen LogP contribution >= 0.6 is 0 Å². The minimum absolute atomic E-state index is 0.193. The minimum Gasteiger partial charge on any atom is -0.323 e. The Balaban J connectivity index is 2.94. The van der Waals surface area contributed by atoms with Crippen molar-refractivity contribution in [1.29, 1.82) is 0 Å². The molecule has 1 aromatic rings. The lowest BCUT2D eigenvalue weighted by molar-refractivity contribution is -0.108. The maximum absolute atomic E-state index is 10.7. The van der Waals surface area contributed by atoms with Crippen LogP contribution < -0.4 is 4.90 Å². The van der Waals surface area contributed by atoms with Crippen LogP contribution in [0.1, 0.15) is 6.92 Å². The second kappa shape index (κ2) is 5.17. The van der Waals surface area contributed by atoms with Gasteiger partial charge in [0.2, 0.25) is 0 Å². The zero-order chi connectivity index (χ0) is 10.4. The van der Waals surface area contributed by atoms with E-state index in [4.69, 9.17) is 0 Å². The topological polar surface area (TPSA) is 32.7 Å². The van der Waals surface area contributed by atoms with Gasteiger partial charge in [-0.25, -0.2) is 0 Å². The summed E-state index contributed by atoms with van der Waals surface area (Å²) in [6, 6.07) is 9.51. The fraction of sp³-hybridized carbons (Fsp3) is 0.273. The van der Waals surface area contributed by atoms with Crippen molar-refractivity contribution in [1.82, 2.24) is 0 Å². The summed E-state index contributed by atoms with van der Waals surface area (Å²) in [5.41, 5.74) is 0.970. The van der Waals surface area contributed by atoms with E-state index in [9.17, 15) is 4.79 Å². The molecule has 3 heteroatoms. The van der Waals surface area contributed by atoms with E-state index in [0.717, 1.165) is 12.0 Å². The molecule has 1 aromatic carbocycles. The Hall–Kier alpha value is -1.64. The summed E-state index contributed by atoms with van der Waals surface area (Å²) in [5.74, 6) is 0. The first-order chi connectivity index (χ1) is 6.79. The van der Waals surface area contributed by atoms with Crippen molar-refractivity contribution in [3.63, 3.8) is 0 Å². The molecule has 0 saturated heterocycles. The Morgan fingerprint density at radius 1 is 1.36 bits per heavy atom. The highest BCUT2D eigenvalue weighted by atomic mass is 16.1. The highest BCUT2D eigenvalue weighted by Crippen LogP contribution is 2.13. The molecule has 1 atom stereocenters. The lowest BCUT2D eigenvalue weighted by Gasteiger charge is -2.22. The number of hydrogen-bond donors (Lipinski definition) is 0. The minimum atomic E-state index is -0.193. The van der Waals surface area contributed by atoms with E-state index >= 15 is 0 Å². The van der Waals surface area contributed by atoms with Crippen molar-refractivity contribution in [3.8, 4) is 0 Å². The molecule has 74 valence electrons. The van der Waals surface area contributed by atoms with Gasteiger partial charge in [0.25, 0.3) is 0 Å². The SMILES string of the molecule is CN=CN(c1ccccc1)C(C)C=O. The third kappa shape index (κ3) is 2.42. The van der Waals surface area contributed by atoms with Gasteiger partial charge in [0, 0.05) is 12.7 Å². The maximum Gasteiger partial charge on any atom is 0.142 e. The first-order valence-electron chi connectivity index (χ1n) is 4.50. The van der Waals surface area contributed by atoms with Gasteiger partial charge in [0.15, 0.2) is 0 Å². The molecule has 0 amide bonds. The molecule has 0 aromatic heterocycles. The van der Waals surface area contributed by atoms with Gasteiger partial charge in [-0.3, -0.25) is 4.99 Å². The molecule has 0 N–H and O–H groups in total. The van der Waals surface area contributed by atoms with Gasteiger partial charge in [-0.1, -0.05) is 18.2 Å². The lowest BCUT2D eigenvalue weighted by atomic mass is 10.2. The van der Waals surface area contributed by atoms with E-state index in [2.05, 4.69) is 4.99 Å². The van der Waals surface area contributed by atoms with Crippen LogP contribution in [0.3, 0.4) is 0 Å². The molecule has 0 aliphatic heterocycles. The van der Waals surface area contributed by atoms with E-state index in [1.54, 1.807) is 13.4 Å². The van der Waals surface area contributed by atoms with Crippen LogP contribution in [0.15, 0.2) is 35.3 Å². The monoisotopic (exact) mass is 190 g/mol. The number of hydrogen-bond acceptors (Lipinski definition) is 2. The number of rotatable bonds is 4. The molecule has 0 aliphatic rings. The number of aldehydes is 1. The van der Waals surface area contributed by atoms with Crippen molar-refractivity contribution >= 4 is 18.3 Å². The Morgan fingerprint density at radius 3 is 2.50 bits per heavy atom. The smallest absolute Gasteiger partial charge is 0.142 e. The second-order valence-corrected chi connectivity index (χ2v) is 2.99. The highest BCUT2D eigenvalue weighted by molar-refractivity contribution is 5.85. The van der Waals surface area contributed by atoms with E-state index < -0.39 is 0 Å². The summed E-state index contributed by atoms with van der Waals surface area (Å²) in [6.07, 6.45) is 2.56. The second-order valence-electron chi connectivity index (χ2n) is 2.99. The van der Waals surface area contributed by atoms with E-state index in [-0.39, 0.29) is 6.04 Å². The number of carbonyl (C=O) groups is 1. The normalized spacial score (nSPS) is 12.7. The lowest BCUT2D eigenvalue weighted by Crippen LogP contribution is -2.32. The molecule has 0 heterocycles. The average Bonchev–Trinajstić information content (AvgIpc) is 2.26. The first-order valence-corrected chi connectivity index (χ1v) is 4.50. The molecular formula is C11H14N2O. The molecule has 0 aliphatic carbocycles. The predicted octanol–water partition coefficient (Wildman–Crippen LogP) is 1.74. The summed E-state index contributed by atoms with van der Waals surface area (Å²) in [6.45, 7) is 1.84. The number of benzene rings is 1. The zero-order valence-corrected chi connectivity index (χ0v) is 8.42. The number of para-hydroxylation sites is 1. The van der Waals surface area contributed by atoms with Crippen LogP contribution in [0.4, 0.5) is 5.69 Å². The Kier molecular flexibility index (Phi) is 3.85. The van der Waals surface area contributed by atoms with Gasteiger partial charge >= 0.3 is 0 Å². The van der Waals surface area contributed by atoms with Gasteiger partial charge < -0.3 is 9.69 Å². The molecule has 0 spiro atoms. The number of aliphatic imine (C=N–C) groups is 1. The van der Waals surface area contributed by atoms with Gasteiger partial charge in [-0.15, -0.1) is 0 Å². The van der Waals surface area contributed by atoms with Crippen LogP contribution in [0.5, 0.6) is 0 Å². The van der Waals surface area contributed by atoms with Crippen molar-refractivity contribution in [2.75, 3.05) is 11.9 Å². The van der Waals surface area contributed by atoms with Crippen molar-refractivity contribution in [2.45, 2.75) is 13.0 Å². The fourth-order valence-electron chi connectivity index (χ4n) is 1.20. The number of anilines is 1. The van der Waals surface area contributed by atoms with Crippen molar-refractivity contribution in [2.24, 2.45) is 4.99 Å². The quantitative estimate of drug-likeness (QED) is 0.411.